The first kappa shape index (κ1) is 11.0. The number of pyridine rings is 1. The quantitative estimate of drug-likeness (QED) is 0.606. The summed E-state index contributed by atoms with van der Waals surface area (Å²) in [5, 5.41) is 0. The molecule has 3 rings (SSSR count). The zero-order chi connectivity index (χ0) is 12.9. The van der Waals surface area contributed by atoms with Crippen molar-refractivity contribution in [1.29, 1.82) is 0 Å². The second kappa shape index (κ2) is 3.45. The molecule has 3 aromatic heterocycles. The van der Waals surface area contributed by atoms with Crippen LogP contribution < -0.4 is 5.56 Å². The molecular weight excluding hydrogens is 226 g/mol. The molecular formula is C14H15N3O. The lowest BCUT2D eigenvalue weighted by Crippen LogP contribution is -2.35. The van der Waals surface area contributed by atoms with Gasteiger partial charge in [-0.2, -0.15) is 0 Å². The molecule has 3 aromatic rings. The number of nitrogens with zero attached hydrogens (tertiary/aromatic N) is 3. The highest BCUT2D eigenvalue weighted by Gasteiger charge is 2.20. The summed E-state index contributed by atoms with van der Waals surface area (Å²) in [6.45, 7) is 6.08. The lowest BCUT2D eigenvalue weighted by Gasteiger charge is -2.24. The minimum Gasteiger partial charge on any atom is -0.298 e. The van der Waals surface area contributed by atoms with E-state index < -0.39 is 0 Å². The molecule has 0 amide bonds. The van der Waals surface area contributed by atoms with Gasteiger partial charge in [-0.3, -0.25) is 13.8 Å². The maximum atomic E-state index is 12.6. The van der Waals surface area contributed by atoms with Gasteiger partial charge in [0.1, 0.15) is 5.52 Å². The summed E-state index contributed by atoms with van der Waals surface area (Å²) >= 11 is 0. The molecule has 4 nitrogen and oxygen atoms in total. The van der Waals surface area contributed by atoms with Crippen LogP contribution in [0.3, 0.4) is 0 Å². The summed E-state index contributed by atoms with van der Waals surface area (Å²) in [4.78, 5) is 17.0. The predicted molar refractivity (Wildman–Crippen MR) is 72.0 cm³/mol. The highest BCUT2D eigenvalue weighted by atomic mass is 16.1. The van der Waals surface area contributed by atoms with Gasteiger partial charge in [0.15, 0.2) is 5.65 Å². The van der Waals surface area contributed by atoms with Gasteiger partial charge < -0.3 is 0 Å². The van der Waals surface area contributed by atoms with Crippen molar-refractivity contribution in [1.82, 2.24) is 14.0 Å². The Morgan fingerprint density at radius 1 is 1.11 bits per heavy atom. The average Bonchev–Trinajstić information content (AvgIpc) is 2.77. The third kappa shape index (κ3) is 1.38. The molecule has 0 saturated carbocycles. The normalized spacial score (nSPS) is 12.4. The van der Waals surface area contributed by atoms with E-state index in [9.17, 15) is 4.79 Å². The van der Waals surface area contributed by atoms with E-state index in [1.54, 1.807) is 6.20 Å². The molecule has 0 radical (unpaired) electrons. The maximum Gasteiger partial charge on any atom is 0.275 e. The fourth-order valence-electron chi connectivity index (χ4n) is 2.38. The number of hydrogen-bond acceptors (Lipinski definition) is 2. The van der Waals surface area contributed by atoms with E-state index in [0.29, 0.717) is 5.52 Å². The Morgan fingerprint density at radius 3 is 2.56 bits per heavy atom. The zero-order valence-corrected chi connectivity index (χ0v) is 10.7. The van der Waals surface area contributed by atoms with Crippen molar-refractivity contribution in [2.75, 3.05) is 0 Å². The molecule has 0 spiro atoms. The number of fused-ring (bicyclic) bond motifs is 3. The minimum atomic E-state index is -0.273. The molecule has 0 aliphatic carbocycles. The molecule has 0 unspecified atom stereocenters. The highest BCUT2D eigenvalue weighted by Crippen LogP contribution is 2.20. The molecule has 0 fully saturated rings. The third-order valence-electron chi connectivity index (χ3n) is 3.08. The molecule has 92 valence electrons. The molecule has 0 N–H and O–H groups in total. The Kier molecular flexibility index (Phi) is 2.11. The van der Waals surface area contributed by atoms with Crippen molar-refractivity contribution in [2.45, 2.75) is 26.3 Å². The van der Waals surface area contributed by atoms with Crippen LogP contribution in [0.4, 0.5) is 0 Å². The predicted octanol–water partition coefficient (Wildman–Crippen LogP) is 2.40. The number of aromatic nitrogens is 3. The summed E-state index contributed by atoms with van der Waals surface area (Å²) in [5.74, 6) is 0. The van der Waals surface area contributed by atoms with Gasteiger partial charge in [0.05, 0.1) is 5.52 Å². The Labute approximate surface area is 105 Å². The van der Waals surface area contributed by atoms with E-state index >= 15 is 0 Å². The summed E-state index contributed by atoms with van der Waals surface area (Å²) in [7, 11) is 0. The van der Waals surface area contributed by atoms with Crippen LogP contribution in [0.2, 0.25) is 0 Å². The summed E-state index contributed by atoms with van der Waals surface area (Å²) in [6.07, 6.45) is 3.62. The Hall–Kier alpha value is -2.10. The van der Waals surface area contributed by atoms with Crippen molar-refractivity contribution < 1.29 is 0 Å². The van der Waals surface area contributed by atoms with Crippen LogP contribution in [-0.2, 0) is 5.54 Å². The van der Waals surface area contributed by atoms with Crippen molar-refractivity contribution in [3.8, 4) is 0 Å². The lowest BCUT2D eigenvalue weighted by atomic mass is 10.1. The first-order valence-corrected chi connectivity index (χ1v) is 5.97. The molecule has 0 saturated heterocycles. The van der Waals surface area contributed by atoms with Crippen molar-refractivity contribution in [2.24, 2.45) is 0 Å². The van der Waals surface area contributed by atoms with Gasteiger partial charge in [0, 0.05) is 17.9 Å². The average molecular weight is 241 g/mol. The van der Waals surface area contributed by atoms with Gasteiger partial charge in [0.2, 0.25) is 0 Å². The van der Waals surface area contributed by atoms with Gasteiger partial charge in [-0.15, -0.1) is 0 Å². The van der Waals surface area contributed by atoms with Gasteiger partial charge in [-0.25, -0.2) is 4.98 Å². The smallest absolute Gasteiger partial charge is 0.275 e. The van der Waals surface area contributed by atoms with Crippen LogP contribution >= 0.6 is 0 Å². The van der Waals surface area contributed by atoms with E-state index in [-0.39, 0.29) is 11.1 Å². The summed E-state index contributed by atoms with van der Waals surface area (Å²) in [6, 6.07) is 7.50. The maximum absolute atomic E-state index is 12.6. The van der Waals surface area contributed by atoms with E-state index in [1.165, 1.54) is 0 Å². The van der Waals surface area contributed by atoms with Gasteiger partial charge in [-0.05, 0) is 45.0 Å². The van der Waals surface area contributed by atoms with Gasteiger partial charge >= 0.3 is 0 Å². The van der Waals surface area contributed by atoms with Crippen LogP contribution in [0, 0.1) is 0 Å². The van der Waals surface area contributed by atoms with Crippen LogP contribution in [0.1, 0.15) is 20.8 Å². The molecule has 4 heteroatoms. The van der Waals surface area contributed by atoms with E-state index in [0.717, 1.165) is 11.2 Å². The fraction of sp³-hybridized carbons (Fsp3) is 0.286. The molecule has 3 heterocycles. The minimum absolute atomic E-state index is 0.0213. The first-order valence-electron chi connectivity index (χ1n) is 5.97. The standard InChI is InChI=1S/C14H15N3O/c1-14(2,3)17-10-6-4-8-15-12(10)16-9-5-7-11(16)13(17)18/h4-9H,1-3H3. The summed E-state index contributed by atoms with van der Waals surface area (Å²) < 4.78 is 3.66. The van der Waals surface area contributed by atoms with Crippen LogP contribution in [-0.4, -0.2) is 14.0 Å². The Bertz CT molecular complexity index is 790. The number of hydrogen-bond donors (Lipinski definition) is 0. The van der Waals surface area contributed by atoms with Gasteiger partial charge in [0.25, 0.3) is 5.56 Å². The third-order valence-corrected chi connectivity index (χ3v) is 3.08. The second-order valence-electron chi connectivity index (χ2n) is 5.42. The van der Waals surface area contributed by atoms with Crippen molar-refractivity contribution in [3.63, 3.8) is 0 Å². The van der Waals surface area contributed by atoms with Gasteiger partial charge in [-0.1, -0.05) is 0 Å². The largest absolute Gasteiger partial charge is 0.298 e. The molecule has 0 atom stereocenters. The summed E-state index contributed by atoms with van der Waals surface area (Å²) in [5.41, 5.74) is 2.08. The molecule has 0 aromatic carbocycles. The highest BCUT2D eigenvalue weighted by molar-refractivity contribution is 5.75. The Balaban J connectivity index is 2.67. The number of rotatable bonds is 0. The fourth-order valence-corrected chi connectivity index (χ4v) is 2.38. The van der Waals surface area contributed by atoms with Crippen LogP contribution in [0.5, 0.6) is 0 Å². The SMILES string of the molecule is CC(C)(C)n1c(=O)c2cccn2c2ncccc21. The van der Waals surface area contributed by atoms with Crippen molar-refractivity contribution in [3.05, 3.63) is 47.0 Å². The molecule has 0 aliphatic rings. The molecule has 0 bridgehead atoms. The lowest BCUT2D eigenvalue weighted by molar-refractivity contribution is 0.398. The van der Waals surface area contributed by atoms with Crippen LogP contribution in [0.15, 0.2) is 41.5 Å². The van der Waals surface area contributed by atoms with Crippen molar-refractivity contribution >= 4 is 16.7 Å². The van der Waals surface area contributed by atoms with Crippen LogP contribution in [0.25, 0.3) is 16.7 Å². The van der Waals surface area contributed by atoms with E-state index in [1.807, 2.05) is 60.2 Å². The second-order valence-corrected chi connectivity index (χ2v) is 5.42. The van der Waals surface area contributed by atoms with E-state index in [4.69, 9.17) is 0 Å². The first-order chi connectivity index (χ1) is 8.50. The monoisotopic (exact) mass is 241 g/mol. The molecule has 0 aliphatic heterocycles. The topological polar surface area (TPSA) is 39.3 Å². The zero-order valence-electron chi connectivity index (χ0n) is 10.7. The molecule has 18 heavy (non-hydrogen) atoms. The Morgan fingerprint density at radius 2 is 1.83 bits per heavy atom. The van der Waals surface area contributed by atoms with E-state index in [2.05, 4.69) is 4.98 Å².